The number of anilines is 1. The highest BCUT2D eigenvalue weighted by atomic mass is 32.1. The number of carbonyl (C=O) groups excluding carboxylic acids is 4. The van der Waals surface area contributed by atoms with Crippen molar-refractivity contribution in [3.05, 3.63) is 69.2 Å². The average molecular weight is 612 g/mol. The van der Waals surface area contributed by atoms with E-state index in [0.29, 0.717) is 28.8 Å². The maximum atomic E-state index is 13.3. The Bertz CT molecular complexity index is 1410. The lowest BCUT2D eigenvalue weighted by Gasteiger charge is -2.22. The Morgan fingerprint density at radius 3 is 2.28 bits per heavy atom. The van der Waals surface area contributed by atoms with Crippen molar-refractivity contribution in [3.8, 4) is 5.75 Å². The number of aromatic hydroxyl groups is 1. The fraction of sp³-hybridized carbons (Fsp3) is 0.400. The number of nitrogens with zero attached hydrogens (tertiary/aromatic N) is 2. The zero-order valence-electron chi connectivity index (χ0n) is 24.8. The molecule has 0 saturated carbocycles. The molecular weight excluding hydrogens is 574 g/mol. The second-order valence-electron chi connectivity index (χ2n) is 10.1. The van der Waals surface area contributed by atoms with Crippen LogP contribution in [-0.4, -0.2) is 64.2 Å². The molecule has 3 aromatic rings. The summed E-state index contributed by atoms with van der Waals surface area (Å²) in [5, 5.41) is 19.7. The van der Waals surface area contributed by atoms with Gasteiger partial charge in [-0.1, -0.05) is 32.0 Å². The molecule has 2 aromatic heterocycles. The molecule has 0 spiro atoms. The van der Waals surface area contributed by atoms with E-state index in [0.717, 1.165) is 18.4 Å². The summed E-state index contributed by atoms with van der Waals surface area (Å²) in [5.41, 5.74) is 1.95. The van der Waals surface area contributed by atoms with Crippen LogP contribution in [0.5, 0.6) is 5.75 Å². The van der Waals surface area contributed by atoms with Crippen molar-refractivity contribution in [2.75, 3.05) is 18.4 Å². The van der Waals surface area contributed by atoms with Crippen molar-refractivity contribution in [3.63, 3.8) is 0 Å². The van der Waals surface area contributed by atoms with E-state index in [-0.39, 0.29) is 17.9 Å². The van der Waals surface area contributed by atoms with Crippen LogP contribution in [0, 0.1) is 19.8 Å². The lowest BCUT2D eigenvalue weighted by Crippen LogP contribution is -2.50. The summed E-state index contributed by atoms with van der Waals surface area (Å²) in [7, 11) is 0. The standard InChI is InChI=1S/C30H37N5O7S/c1-17(2)28(39)41-20(5)42-29(40)23(16-32-26(37)24-12-8-14-43-24)35-27(38)25-18(3)33-30(34-19(25)4)31-13-7-10-21-9-6-11-22(36)15-21/h6,8-9,11-12,14-15,17,20,23,36H,7,10,13,16H2,1-5H3,(H,32,37)(H,35,38)(H,31,33,34)/t20?,23-/m0/s1. The first-order chi connectivity index (χ1) is 20.4. The highest BCUT2D eigenvalue weighted by Gasteiger charge is 2.28. The van der Waals surface area contributed by atoms with Crippen LogP contribution in [0.4, 0.5) is 5.95 Å². The lowest BCUT2D eigenvalue weighted by molar-refractivity contribution is -0.187. The third kappa shape index (κ3) is 10.1. The monoisotopic (exact) mass is 611 g/mol. The molecule has 2 amide bonds. The summed E-state index contributed by atoms with van der Waals surface area (Å²) in [6, 6.07) is 9.12. The summed E-state index contributed by atoms with van der Waals surface area (Å²) < 4.78 is 10.4. The first kappa shape index (κ1) is 33.0. The van der Waals surface area contributed by atoms with Gasteiger partial charge in [0.1, 0.15) is 11.8 Å². The number of amides is 2. The van der Waals surface area contributed by atoms with Gasteiger partial charge in [0.15, 0.2) is 0 Å². The van der Waals surface area contributed by atoms with E-state index in [4.69, 9.17) is 9.47 Å². The normalized spacial score (nSPS) is 12.2. The summed E-state index contributed by atoms with van der Waals surface area (Å²) in [4.78, 5) is 60.0. The number of hydrogen-bond acceptors (Lipinski definition) is 11. The van der Waals surface area contributed by atoms with Crippen LogP contribution in [0.25, 0.3) is 0 Å². The first-order valence-corrected chi connectivity index (χ1v) is 14.7. The second kappa shape index (κ2) is 15.6. The van der Waals surface area contributed by atoms with Crippen LogP contribution < -0.4 is 16.0 Å². The van der Waals surface area contributed by atoms with Crippen LogP contribution in [0.1, 0.15) is 64.2 Å². The highest BCUT2D eigenvalue weighted by Crippen LogP contribution is 2.15. The molecule has 3 rings (SSSR count). The highest BCUT2D eigenvalue weighted by molar-refractivity contribution is 7.12. The molecule has 230 valence electrons. The van der Waals surface area contributed by atoms with Gasteiger partial charge in [0, 0.05) is 20.0 Å². The number of ether oxygens (including phenoxy) is 2. The molecule has 0 aliphatic carbocycles. The molecule has 0 saturated heterocycles. The molecule has 1 unspecified atom stereocenters. The number of phenols is 1. The van der Waals surface area contributed by atoms with Gasteiger partial charge in [-0.3, -0.25) is 14.4 Å². The van der Waals surface area contributed by atoms with Gasteiger partial charge in [-0.25, -0.2) is 14.8 Å². The number of esters is 2. The molecule has 2 atom stereocenters. The molecule has 13 heteroatoms. The van der Waals surface area contributed by atoms with E-state index in [9.17, 15) is 24.3 Å². The predicted octanol–water partition coefficient (Wildman–Crippen LogP) is 3.52. The van der Waals surface area contributed by atoms with Crippen molar-refractivity contribution in [2.45, 2.75) is 59.8 Å². The Hall–Kier alpha value is -4.52. The molecule has 0 bridgehead atoms. The molecule has 0 fully saturated rings. The maximum absolute atomic E-state index is 13.3. The fourth-order valence-electron chi connectivity index (χ4n) is 4.01. The second-order valence-corrected chi connectivity index (χ2v) is 11.1. The van der Waals surface area contributed by atoms with Crippen molar-refractivity contribution in [1.82, 2.24) is 20.6 Å². The van der Waals surface area contributed by atoms with Gasteiger partial charge in [0.2, 0.25) is 12.2 Å². The number of aromatic nitrogens is 2. The minimum atomic E-state index is -1.30. The van der Waals surface area contributed by atoms with Crippen molar-refractivity contribution >= 4 is 41.0 Å². The van der Waals surface area contributed by atoms with Crippen molar-refractivity contribution < 1.29 is 33.8 Å². The Morgan fingerprint density at radius 1 is 0.953 bits per heavy atom. The van der Waals surface area contributed by atoms with Gasteiger partial charge >= 0.3 is 11.9 Å². The summed E-state index contributed by atoms with van der Waals surface area (Å²) >= 11 is 1.23. The van der Waals surface area contributed by atoms with E-state index >= 15 is 0 Å². The Kier molecular flexibility index (Phi) is 12.0. The minimum Gasteiger partial charge on any atom is -0.508 e. The topological polar surface area (TPSA) is 169 Å². The number of aryl methyl sites for hydroxylation is 3. The van der Waals surface area contributed by atoms with Gasteiger partial charge in [-0.15, -0.1) is 11.3 Å². The lowest BCUT2D eigenvalue weighted by atomic mass is 10.1. The molecule has 43 heavy (non-hydrogen) atoms. The number of carbonyl (C=O) groups is 4. The van der Waals surface area contributed by atoms with Gasteiger partial charge in [0.05, 0.1) is 27.7 Å². The van der Waals surface area contributed by atoms with E-state index in [1.807, 2.05) is 6.07 Å². The summed E-state index contributed by atoms with van der Waals surface area (Å²) in [5.74, 6) is -2.36. The molecule has 1 aromatic carbocycles. The number of phenolic OH excluding ortho intramolecular Hbond substituents is 1. The molecule has 0 aliphatic rings. The van der Waals surface area contributed by atoms with Crippen LogP contribution in [0.3, 0.4) is 0 Å². The maximum Gasteiger partial charge on any atom is 0.333 e. The van der Waals surface area contributed by atoms with Gasteiger partial charge in [-0.05, 0) is 55.8 Å². The van der Waals surface area contributed by atoms with Gasteiger partial charge in [-0.2, -0.15) is 0 Å². The Labute approximate surface area is 254 Å². The number of benzene rings is 1. The number of thiophene rings is 1. The molecular formula is C30H37N5O7S. The van der Waals surface area contributed by atoms with Gasteiger partial charge < -0.3 is 30.5 Å². The summed E-state index contributed by atoms with van der Waals surface area (Å²) in [6.07, 6.45) is 0.300. The smallest absolute Gasteiger partial charge is 0.333 e. The third-order valence-electron chi connectivity index (χ3n) is 6.17. The zero-order chi connectivity index (χ0) is 31.5. The quantitative estimate of drug-likeness (QED) is 0.120. The van der Waals surface area contributed by atoms with Crippen molar-refractivity contribution in [2.24, 2.45) is 5.92 Å². The first-order valence-electron chi connectivity index (χ1n) is 13.8. The number of hydrogen-bond donors (Lipinski definition) is 4. The third-order valence-corrected chi connectivity index (χ3v) is 7.04. The average Bonchev–Trinajstić information content (AvgIpc) is 3.48. The Morgan fingerprint density at radius 2 is 1.65 bits per heavy atom. The van der Waals surface area contributed by atoms with Crippen molar-refractivity contribution in [1.29, 1.82) is 0 Å². The predicted molar refractivity (Wildman–Crippen MR) is 161 cm³/mol. The molecule has 2 heterocycles. The van der Waals surface area contributed by atoms with E-state index in [1.165, 1.54) is 18.3 Å². The largest absolute Gasteiger partial charge is 0.508 e. The van der Waals surface area contributed by atoms with E-state index in [1.54, 1.807) is 63.4 Å². The zero-order valence-corrected chi connectivity index (χ0v) is 25.6. The van der Waals surface area contributed by atoms with Gasteiger partial charge in [0.25, 0.3) is 11.8 Å². The van der Waals surface area contributed by atoms with Crippen LogP contribution in [0.15, 0.2) is 41.8 Å². The fourth-order valence-corrected chi connectivity index (χ4v) is 4.65. The SMILES string of the molecule is Cc1nc(NCCCc2cccc(O)c2)nc(C)c1C(=O)N[C@@H](CNC(=O)c1cccs1)C(=O)OC(C)OC(=O)C(C)C. The minimum absolute atomic E-state index is 0.173. The molecule has 4 N–H and O–H groups in total. The number of nitrogens with one attached hydrogen (secondary N) is 3. The molecule has 0 radical (unpaired) electrons. The van der Waals surface area contributed by atoms with Crippen LogP contribution in [0.2, 0.25) is 0 Å². The van der Waals surface area contributed by atoms with E-state index in [2.05, 4.69) is 25.9 Å². The molecule has 12 nitrogen and oxygen atoms in total. The van der Waals surface area contributed by atoms with Crippen LogP contribution >= 0.6 is 11.3 Å². The van der Waals surface area contributed by atoms with Crippen LogP contribution in [-0.2, 0) is 25.5 Å². The number of rotatable bonds is 14. The Balaban J connectivity index is 1.66. The summed E-state index contributed by atoms with van der Waals surface area (Å²) in [6.45, 7) is 8.28. The van der Waals surface area contributed by atoms with E-state index < -0.39 is 42.0 Å². The molecule has 0 aliphatic heterocycles.